The van der Waals surface area contributed by atoms with E-state index in [0.29, 0.717) is 23.6 Å². The summed E-state index contributed by atoms with van der Waals surface area (Å²) in [5, 5.41) is 5.89. The van der Waals surface area contributed by atoms with Gasteiger partial charge in [-0.25, -0.2) is 4.98 Å². The summed E-state index contributed by atoms with van der Waals surface area (Å²) < 4.78 is 6.86. The number of furan rings is 1. The average Bonchev–Trinajstić information content (AvgIpc) is 3.28. The van der Waals surface area contributed by atoms with E-state index in [2.05, 4.69) is 15.3 Å². The van der Waals surface area contributed by atoms with E-state index in [4.69, 9.17) is 4.42 Å². The van der Waals surface area contributed by atoms with E-state index in [9.17, 15) is 4.79 Å². The zero-order valence-electron chi connectivity index (χ0n) is 14.6. The van der Waals surface area contributed by atoms with Gasteiger partial charge < -0.3 is 9.73 Å². The van der Waals surface area contributed by atoms with Gasteiger partial charge in [-0.15, -0.1) is 11.3 Å². The Morgan fingerprint density at radius 1 is 1.22 bits per heavy atom. The Balaban J connectivity index is 1.58. The number of pyridine rings is 1. The number of nitrogens with one attached hydrogen (secondary N) is 1. The molecule has 5 nitrogen and oxygen atoms in total. The highest BCUT2D eigenvalue weighted by Crippen LogP contribution is 2.33. The number of thioether (sulfide) groups is 1. The van der Waals surface area contributed by atoms with Crippen molar-refractivity contribution in [2.24, 2.45) is 0 Å². The molecule has 7 heteroatoms. The average molecular weight is 396 g/mol. The van der Waals surface area contributed by atoms with Crippen LogP contribution < -0.4 is 5.32 Å². The number of carbonyl (C=O) groups excluding carboxylic acids is 1. The van der Waals surface area contributed by atoms with Crippen LogP contribution in [0.15, 0.2) is 62.8 Å². The number of rotatable bonds is 6. The minimum Gasteiger partial charge on any atom is -0.451 e. The molecular weight excluding hydrogens is 378 g/mol. The van der Waals surface area contributed by atoms with Crippen molar-refractivity contribution in [2.45, 2.75) is 23.6 Å². The summed E-state index contributed by atoms with van der Waals surface area (Å²) in [5.41, 5.74) is 3.41. The molecule has 0 radical (unpaired) electrons. The van der Waals surface area contributed by atoms with Crippen molar-refractivity contribution in [1.29, 1.82) is 0 Å². The quantitative estimate of drug-likeness (QED) is 0.474. The van der Waals surface area contributed by atoms with Crippen LogP contribution in [-0.4, -0.2) is 15.9 Å². The minimum atomic E-state index is -0.234. The molecule has 0 saturated carbocycles. The molecule has 3 aromatic heterocycles. The molecule has 0 aliphatic rings. The lowest BCUT2D eigenvalue weighted by Crippen LogP contribution is -2.23. The second-order valence-electron chi connectivity index (χ2n) is 5.95. The summed E-state index contributed by atoms with van der Waals surface area (Å²) in [5.74, 6) is 0.742. The molecule has 4 rings (SSSR count). The molecule has 0 aliphatic heterocycles. The minimum absolute atomic E-state index is 0.234. The lowest BCUT2D eigenvalue weighted by molar-refractivity contribution is 0.0924. The zero-order valence-corrected chi connectivity index (χ0v) is 16.3. The number of amides is 1. The number of hydrogen-bond acceptors (Lipinski definition) is 6. The molecule has 0 fully saturated rings. The van der Waals surface area contributed by atoms with Crippen LogP contribution in [0.2, 0.25) is 0 Å². The van der Waals surface area contributed by atoms with Gasteiger partial charge in [-0.2, -0.15) is 0 Å². The van der Waals surface area contributed by atoms with Gasteiger partial charge in [-0.3, -0.25) is 9.78 Å². The number of aryl methyl sites for hydroxylation is 1. The Labute approximate surface area is 164 Å². The van der Waals surface area contributed by atoms with Crippen LogP contribution in [0.5, 0.6) is 0 Å². The van der Waals surface area contributed by atoms with Crippen LogP contribution in [0.25, 0.3) is 11.0 Å². The number of para-hydroxylation sites is 1. The summed E-state index contributed by atoms with van der Waals surface area (Å²) in [7, 11) is 0. The highest BCUT2D eigenvalue weighted by Gasteiger charge is 2.21. The first-order valence-electron chi connectivity index (χ1n) is 8.44. The third-order valence-corrected chi connectivity index (χ3v) is 6.16. The summed E-state index contributed by atoms with van der Waals surface area (Å²) >= 11 is 3.23. The summed E-state index contributed by atoms with van der Waals surface area (Å²) in [6.07, 6.45) is 1.71. The largest absolute Gasteiger partial charge is 0.451 e. The SMILES string of the molecule is Cc1csc(SCc2c(C(=O)NCc3ccccn3)oc3ccccc23)n1. The number of benzene rings is 1. The van der Waals surface area contributed by atoms with Gasteiger partial charge in [0.1, 0.15) is 9.92 Å². The van der Waals surface area contributed by atoms with Crippen LogP contribution in [0.4, 0.5) is 0 Å². The van der Waals surface area contributed by atoms with Crippen LogP contribution in [0, 0.1) is 6.92 Å². The summed E-state index contributed by atoms with van der Waals surface area (Å²) in [4.78, 5) is 21.5. The first kappa shape index (κ1) is 17.8. The van der Waals surface area contributed by atoms with E-state index in [-0.39, 0.29) is 5.91 Å². The lowest BCUT2D eigenvalue weighted by atomic mass is 10.1. The predicted octanol–water partition coefficient (Wildman–Crippen LogP) is 4.82. The van der Waals surface area contributed by atoms with E-state index in [1.165, 1.54) is 0 Å². The van der Waals surface area contributed by atoms with Crippen molar-refractivity contribution in [3.8, 4) is 0 Å². The van der Waals surface area contributed by atoms with Crippen molar-refractivity contribution in [2.75, 3.05) is 0 Å². The van der Waals surface area contributed by atoms with Crippen LogP contribution in [0.3, 0.4) is 0 Å². The third-order valence-electron chi connectivity index (χ3n) is 4.00. The van der Waals surface area contributed by atoms with E-state index in [1.54, 1.807) is 29.3 Å². The van der Waals surface area contributed by atoms with Crippen LogP contribution in [0.1, 0.15) is 27.5 Å². The number of carbonyl (C=O) groups is 1. The fourth-order valence-corrected chi connectivity index (χ4v) is 4.59. The standard InChI is InChI=1S/C20H17N3O2S2/c1-13-11-26-20(23-13)27-12-16-15-7-2-3-8-17(15)25-18(16)19(24)22-10-14-6-4-5-9-21-14/h2-9,11H,10,12H2,1H3,(H,22,24). The summed E-state index contributed by atoms with van der Waals surface area (Å²) in [6.45, 7) is 2.33. The molecule has 4 aromatic rings. The molecule has 0 atom stereocenters. The summed E-state index contributed by atoms with van der Waals surface area (Å²) in [6, 6.07) is 13.3. The van der Waals surface area contributed by atoms with E-state index in [1.807, 2.05) is 54.8 Å². The first-order chi connectivity index (χ1) is 13.2. The Morgan fingerprint density at radius 3 is 2.85 bits per heavy atom. The fraction of sp³-hybridized carbons (Fsp3) is 0.150. The number of hydrogen-bond donors (Lipinski definition) is 1. The van der Waals surface area contributed by atoms with Gasteiger partial charge in [0.05, 0.1) is 12.2 Å². The van der Waals surface area contributed by atoms with Crippen molar-refractivity contribution < 1.29 is 9.21 Å². The smallest absolute Gasteiger partial charge is 0.287 e. The molecule has 1 aromatic carbocycles. The molecule has 3 heterocycles. The first-order valence-corrected chi connectivity index (χ1v) is 10.3. The zero-order chi connectivity index (χ0) is 18.6. The van der Waals surface area contributed by atoms with Crippen molar-refractivity contribution in [3.05, 3.63) is 76.8 Å². The van der Waals surface area contributed by atoms with Gasteiger partial charge in [-0.1, -0.05) is 36.0 Å². The Morgan fingerprint density at radius 2 is 2.07 bits per heavy atom. The second kappa shape index (κ2) is 7.94. The maximum Gasteiger partial charge on any atom is 0.287 e. The van der Waals surface area contributed by atoms with Crippen molar-refractivity contribution >= 4 is 40.0 Å². The van der Waals surface area contributed by atoms with Gasteiger partial charge in [-0.05, 0) is 25.1 Å². The molecule has 136 valence electrons. The molecule has 0 saturated heterocycles. The van der Waals surface area contributed by atoms with Crippen LogP contribution >= 0.6 is 23.1 Å². The molecule has 0 aliphatic carbocycles. The van der Waals surface area contributed by atoms with Gasteiger partial charge in [0, 0.05) is 34.0 Å². The van der Waals surface area contributed by atoms with Gasteiger partial charge >= 0.3 is 0 Å². The van der Waals surface area contributed by atoms with Crippen molar-refractivity contribution in [1.82, 2.24) is 15.3 Å². The van der Waals surface area contributed by atoms with E-state index < -0.39 is 0 Å². The van der Waals surface area contributed by atoms with Gasteiger partial charge in [0.15, 0.2) is 5.76 Å². The molecule has 1 N–H and O–H groups in total. The monoisotopic (exact) mass is 395 g/mol. The Bertz CT molecular complexity index is 1070. The molecule has 0 bridgehead atoms. The lowest BCUT2D eigenvalue weighted by Gasteiger charge is -2.05. The fourth-order valence-electron chi connectivity index (χ4n) is 2.71. The third kappa shape index (κ3) is 4.04. The highest BCUT2D eigenvalue weighted by molar-refractivity contribution is 8.00. The van der Waals surface area contributed by atoms with E-state index in [0.717, 1.165) is 26.7 Å². The number of aromatic nitrogens is 2. The molecule has 1 amide bonds. The maximum atomic E-state index is 12.8. The predicted molar refractivity (Wildman–Crippen MR) is 108 cm³/mol. The molecular formula is C20H17N3O2S2. The number of fused-ring (bicyclic) bond motifs is 1. The molecule has 27 heavy (non-hydrogen) atoms. The number of nitrogens with zero attached hydrogens (tertiary/aromatic N) is 2. The molecule has 0 spiro atoms. The van der Waals surface area contributed by atoms with Gasteiger partial charge in [0.25, 0.3) is 5.91 Å². The normalized spacial score (nSPS) is 11.0. The van der Waals surface area contributed by atoms with Crippen molar-refractivity contribution in [3.63, 3.8) is 0 Å². The molecule has 0 unspecified atom stereocenters. The highest BCUT2D eigenvalue weighted by atomic mass is 32.2. The topological polar surface area (TPSA) is 68.0 Å². The Hall–Kier alpha value is -2.64. The maximum absolute atomic E-state index is 12.8. The van der Waals surface area contributed by atoms with E-state index >= 15 is 0 Å². The number of thiazole rings is 1. The van der Waals surface area contributed by atoms with Crippen LogP contribution in [-0.2, 0) is 12.3 Å². The Kier molecular flexibility index (Phi) is 5.22. The van der Waals surface area contributed by atoms with Gasteiger partial charge in [0.2, 0.25) is 0 Å². The second-order valence-corrected chi connectivity index (χ2v) is 8.03.